The molecule has 1 N–H and O–H groups in total. The average molecular weight is 392 g/mol. The topological polar surface area (TPSA) is 35.6 Å². The Hall–Kier alpha value is -2.43. The maximum atomic E-state index is 12.5. The molecule has 0 bridgehead atoms. The van der Waals surface area contributed by atoms with Crippen LogP contribution in [0.15, 0.2) is 60.7 Å². The van der Waals surface area contributed by atoms with Crippen LogP contribution in [0, 0.1) is 0 Å². The zero-order valence-electron chi connectivity index (χ0n) is 17.7. The maximum absolute atomic E-state index is 12.5. The first kappa shape index (κ1) is 21.3. The molecule has 4 nitrogen and oxygen atoms in total. The van der Waals surface area contributed by atoms with Gasteiger partial charge in [-0.25, -0.2) is 0 Å². The summed E-state index contributed by atoms with van der Waals surface area (Å²) >= 11 is 0. The predicted octanol–water partition coefficient (Wildman–Crippen LogP) is 3.76. The highest BCUT2D eigenvalue weighted by molar-refractivity contribution is 5.78. The third-order valence-corrected chi connectivity index (χ3v) is 5.57. The fraction of sp³-hybridized carbons (Fsp3) is 0.400. The lowest BCUT2D eigenvalue weighted by Gasteiger charge is -2.33. The Morgan fingerprint density at radius 3 is 2.31 bits per heavy atom. The number of carbonyl (C=O) groups is 1. The molecule has 4 heteroatoms. The normalized spacial score (nSPS) is 16.8. The minimum Gasteiger partial charge on any atom is -0.348 e. The number of piperazine rings is 1. The van der Waals surface area contributed by atoms with E-state index in [1.54, 1.807) is 0 Å². The predicted molar refractivity (Wildman–Crippen MR) is 121 cm³/mol. The Morgan fingerprint density at radius 1 is 1.00 bits per heavy atom. The Labute approximate surface area is 175 Å². The van der Waals surface area contributed by atoms with Crippen molar-refractivity contribution in [2.24, 2.45) is 0 Å². The molecule has 0 aliphatic carbocycles. The van der Waals surface area contributed by atoms with E-state index in [0.29, 0.717) is 6.54 Å². The van der Waals surface area contributed by atoms with Crippen molar-refractivity contribution in [3.05, 3.63) is 77.4 Å². The summed E-state index contributed by atoms with van der Waals surface area (Å²) in [5, 5.41) is 3.14. The van der Waals surface area contributed by atoms with E-state index in [1.807, 2.05) is 6.07 Å². The van der Waals surface area contributed by atoms with Gasteiger partial charge in [-0.1, -0.05) is 73.7 Å². The highest BCUT2D eigenvalue weighted by Gasteiger charge is 2.19. The Kier molecular flexibility index (Phi) is 8.03. The number of rotatable bonds is 8. The summed E-state index contributed by atoms with van der Waals surface area (Å²) < 4.78 is 0. The van der Waals surface area contributed by atoms with Gasteiger partial charge in [-0.2, -0.15) is 0 Å². The van der Waals surface area contributed by atoms with Crippen LogP contribution in [0.2, 0.25) is 0 Å². The highest BCUT2D eigenvalue weighted by Crippen LogP contribution is 2.14. The van der Waals surface area contributed by atoms with Crippen LogP contribution in [0.5, 0.6) is 0 Å². The van der Waals surface area contributed by atoms with Crippen LogP contribution in [0.1, 0.15) is 36.6 Å². The molecule has 0 radical (unpaired) electrons. The Bertz CT molecular complexity index is 777. The van der Waals surface area contributed by atoms with Crippen LogP contribution in [-0.2, 0) is 11.2 Å². The molecule has 0 spiro atoms. The second-order valence-electron chi connectivity index (χ2n) is 7.77. The van der Waals surface area contributed by atoms with Gasteiger partial charge in [-0.05, 0) is 30.0 Å². The third kappa shape index (κ3) is 6.84. The van der Waals surface area contributed by atoms with Crippen molar-refractivity contribution >= 4 is 12.0 Å². The quantitative estimate of drug-likeness (QED) is 0.744. The van der Waals surface area contributed by atoms with E-state index >= 15 is 0 Å². The second kappa shape index (κ2) is 10.9. The molecule has 1 saturated heterocycles. The number of benzene rings is 2. The first-order chi connectivity index (χ1) is 14.1. The van der Waals surface area contributed by atoms with Crippen LogP contribution in [0.25, 0.3) is 6.08 Å². The number of hydrogen-bond acceptors (Lipinski definition) is 3. The molecule has 3 rings (SSSR count). The molecular weight excluding hydrogens is 358 g/mol. The largest absolute Gasteiger partial charge is 0.348 e. The molecule has 1 aliphatic rings. The van der Waals surface area contributed by atoms with Gasteiger partial charge in [0.05, 0.1) is 12.6 Å². The molecule has 1 amide bonds. The van der Waals surface area contributed by atoms with Gasteiger partial charge in [-0.3, -0.25) is 14.6 Å². The monoisotopic (exact) mass is 391 g/mol. The van der Waals surface area contributed by atoms with Crippen LogP contribution in [0.4, 0.5) is 0 Å². The molecule has 29 heavy (non-hydrogen) atoms. The summed E-state index contributed by atoms with van der Waals surface area (Å²) in [5.74, 6) is 0.106. The zero-order chi connectivity index (χ0) is 20.5. The summed E-state index contributed by atoms with van der Waals surface area (Å²) in [4.78, 5) is 17.1. The van der Waals surface area contributed by atoms with Crippen LogP contribution in [-0.4, -0.2) is 55.0 Å². The van der Waals surface area contributed by atoms with Crippen molar-refractivity contribution in [1.82, 2.24) is 15.1 Å². The molecule has 0 aromatic heterocycles. The number of aryl methyl sites for hydroxylation is 1. The smallest absolute Gasteiger partial charge is 0.234 e. The van der Waals surface area contributed by atoms with Gasteiger partial charge < -0.3 is 5.32 Å². The standard InChI is InChI=1S/C25H33N3O/c1-3-22-11-13-24(14-12-22)21(2)26-25(29)20-28-18-16-27(17-19-28)15-7-10-23-8-5-4-6-9-23/h4-14,21H,3,15-20H2,1-2H3,(H,26,29)/b10-7+. The summed E-state index contributed by atoms with van der Waals surface area (Å²) in [6, 6.07) is 18.9. The van der Waals surface area contributed by atoms with Gasteiger partial charge in [0.25, 0.3) is 0 Å². The fourth-order valence-electron chi connectivity index (χ4n) is 3.65. The van der Waals surface area contributed by atoms with E-state index in [1.165, 1.54) is 11.1 Å². The van der Waals surface area contributed by atoms with Gasteiger partial charge in [0.15, 0.2) is 0 Å². The van der Waals surface area contributed by atoms with E-state index < -0.39 is 0 Å². The average Bonchev–Trinajstić information content (AvgIpc) is 2.75. The van der Waals surface area contributed by atoms with Crippen molar-refractivity contribution in [2.75, 3.05) is 39.3 Å². The SMILES string of the molecule is CCc1ccc(C(C)NC(=O)CN2CCN(C/C=C/c3ccccc3)CC2)cc1. The lowest BCUT2D eigenvalue weighted by molar-refractivity contribution is -0.123. The number of amides is 1. The molecule has 2 aromatic carbocycles. The van der Waals surface area contributed by atoms with Crippen molar-refractivity contribution < 1.29 is 4.79 Å². The van der Waals surface area contributed by atoms with Crippen LogP contribution >= 0.6 is 0 Å². The summed E-state index contributed by atoms with van der Waals surface area (Å²) in [6.45, 7) is 9.51. The van der Waals surface area contributed by atoms with E-state index in [0.717, 1.165) is 44.7 Å². The number of nitrogens with zero attached hydrogens (tertiary/aromatic N) is 2. The van der Waals surface area contributed by atoms with Gasteiger partial charge in [-0.15, -0.1) is 0 Å². The molecule has 0 saturated carbocycles. The molecule has 2 aromatic rings. The van der Waals surface area contributed by atoms with Crippen molar-refractivity contribution in [3.8, 4) is 0 Å². The van der Waals surface area contributed by atoms with E-state index in [-0.39, 0.29) is 11.9 Å². The van der Waals surface area contributed by atoms with Gasteiger partial charge in [0.1, 0.15) is 0 Å². The molecule has 1 aliphatic heterocycles. The van der Waals surface area contributed by atoms with Gasteiger partial charge in [0.2, 0.25) is 5.91 Å². The lowest BCUT2D eigenvalue weighted by atomic mass is 10.1. The molecule has 1 unspecified atom stereocenters. The van der Waals surface area contributed by atoms with Crippen LogP contribution < -0.4 is 5.32 Å². The highest BCUT2D eigenvalue weighted by atomic mass is 16.2. The van der Waals surface area contributed by atoms with Crippen LogP contribution in [0.3, 0.4) is 0 Å². The fourth-order valence-corrected chi connectivity index (χ4v) is 3.65. The molecular formula is C25H33N3O. The first-order valence-electron chi connectivity index (χ1n) is 10.7. The Balaban J connectivity index is 1.37. The van der Waals surface area contributed by atoms with E-state index in [2.05, 4.69) is 89.6 Å². The Morgan fingerprint density at radius 2 is 1.66 bits per heavy atom. The van der Waals surface area contributed by atoms with Crippen molar-refractivity contribution in [2.45, 2.75) is 26.3 Å². The summed E-state index contributed by atoms with van der Waals surface area (Å²) in [6.07, 6.45) is 5.44. The van der Waals surface area contributed by atoms with E-state index in [4.69, 9.17) is 0 Å². The van der Waals surface area contributed by atoms with Gasteiger partial charge in [0, 0.05) is 32.7 Å². The molecule has 154 valence electrons. The third-order valence-electron chi connectivity index (χ3n) is 5.57. The summed E-state index contributed by atoms with van der Waals surface area (Å²) in [5.41, 5.74) is 3.72. The molecule has 1 heterocycles. The zero-order valence-corrected chi connectivity index (χ0v) is 17.7. The minimum atomic E-state index is 0.0396. The lowest BCUT2D eigenvalue weighted by Crippen LogP contribution is -2.49. The van der Waals surface area contributed by atoms with Gasteiger partial charge >= 0.3 is 0 Å². The minimum absolute atomic E-state index is 0.0396. The van der Waals surface area contributed by atoms with Crippen molar-refractivity contribution in [1.29, 1.82) is 0 Å². The summed E-state index contributed by atoms with van der Waals surface area (Å²) in [7, 11) is 0. The molecule has 1 fully saturated rings. The van der Waals surface area contributed by atoms with Crippen molar-refractivity contribution in [3.63, 3.8) is 0 Å². The molecule has 1 atom stereocenters. The number of hydrogen-bond donors (Lipinski definition) is 1. The first-order valence-corrected chi connectivity index (χ1v) is 10.7. The maximum Gasteiger partial charge on any atom is 0.234 e. The number of nitrogens with one attached hydrogen (secondary N) is 1. The van der Waals surface area contributed by atoms with E-state index in [9.17, 15) is 4.79 Å². The second-order valence-corrected chi connectivity index (χ2v) is 7.77. The number of carbonyl (C=O) groups excluding carboxylic acids is 1.